The van der Waals surface area contributed by atoms with E-state index >= 15 is 0 Å². The van der Waals surface area contributed by atoms with Gasteiger partial charge in [-0.3, -0.25) is 14.7 Å². The average molecular weight is 471 g/mol. The number of aliphatic imine (C=N–C) groups is 1. The summed E-state index contributed by atoms with van der Waals surface area (Å²) >= 11 is 7.08. The van der Waals surface area contributed by atoms with E-state index in [0.29, 0.717) is 22.3 Å². The zero-order chi connectivity index (χ0) is 22.1. The molecule has 0 aliphatic carbocycles. The lowest BCUT2D eigenvalue weighted by molar-refractivity contribution is 0.0920. The monoisotopic (exact) mass is 470 g/mol. The fraction of sp³-hybridized carbons (Fsp3) is 0.227. The zero-order valence-electron chi connectivity index (χ0n) is 16.9. The van der Waals surface area contributed by atoms with Crippen molar-refractivity contribution in [2.45, 2.75) is 6.10 Å². The van der Waals surface area contributed by atoms with Crippen molar-refractivity contribution < 1.29 is 18.7 Å². The Labute approximate surface area is 193 Å². The van der Waals surface area contributed by atoms with Crippen LogP contribution >= 0.6 is 22.9 Å². The molecule has 1 saturated heterocycles. The summed E-state index contributed by atoms with van der Waals surface area (Å²) in [6, 6.07) is 14.7. The molecule has 3 aromatic rings. The number of carbonyl (C=O) groups excluding carboxylic acids is 2. The van der Waals surface area contributed by atoms with Gasteiger partial charge in [0, 0.05) is 17.9 Å². The number of rotatable bonds is 6. The van der Waals surface area contributed by atoms with Gasteiger partial charge in [-0.25, -0.2) is 4.79 Å². The van der Waals surface area contributed by atoms with Gasteiger partial charge in [-0.1, -0.05) is 11.6 Å². The third-order valence-corrected chi connectivity index (χ3v) is 6.45. The summed E-state index contributed by atoms with van der Waals surface area (Å²) in [7, 11) is 0. The van der Waals surface area contributed by atoms with E-state index in [1.54, 1.807) is 23.3 Å². The van der Waals surface area contributed by atoms with Gasteiger partial charge in [0.2, 0.25) is 0 Å². The summed E-state index contributed by atoms with van der Waals surface area (Å²) in [5.41, 5.74) is 1.70. The minimum Gasteiger partial charge on any atom is -0.461 e. The Morgan fingerprint density at radius 3 is 2.62 bits per heavy atom. The molecule has 0 saturated carbocycles. The molecule has 2 amide bonds. The van der Waals surface area contributed by atoms with Gasteiger partial charge in [0.1, 0.15) is 6.10 Å². The number of cyclic esters (lactones) is 1. The number of hydrogen-bond donors (Lipinski definition) is 1. The van der Waals surface area contributed by atoms with Crippen molar-refractivity contribution in [1.82, 2.24) is 5.32 Å². The maximum atomic E-state index is 12.4. The van der Waals surface area contributed by atoms with Crippen LogP contribution in [0.25, 0.3) is 0 Å². The van der Waals surface area contributed by atoms with E-state index in [1.165, 1.54) is 11.3 Å². The molecule has 1 N–H and O–H groups in total. The molecule has 4 heterocycles. The van der Waals surface area contributed by atoms with Crippen molar-refractivity contribution in [2.24, 2.45) is 4.99 Å². The van der Waals surface area contributed by atoms with E-state index < -0.39 is 12.2 Å². The first-order chi connectivity index (χ1) is 15.6. The number of amides is 2. The highest BCUT2D eigenvalue weighted by molar-refractivity contribution is 7.18. The number of halogens is 1. The number of hydrogen-bond acceptors (Lipinski definition) is 7. The molecule has 0 spiro atoms. The first kappa shape index (κ1) is 20.6. The third kappa shape index (κ3) is 4.09. The highest BCUT2D eigenvalue weighted by atomic mass is 35.5. The molecule has 1 atom stereocenters. The summed E-state index contributed by atoms with van der Waals surface area (Å²) in [6.07, 6.45) is 0.762. The van der Waals surface area contributed by atoms with Crippen LogP contribution in [-0.4, -0.2) is 50.1 Å². The van der Waals surface area contributed by atoms with Gasteiger partial charge in [-0.15, -0.1) is 11.3 Å². The Kier molecular flexibility index (Phi) is 5.59. The van der Waals surface area contributed by atoms with Crippen LogP contribution in [0.4, 0.5) is 16.2 Å². The predicted octanol–water partition coefficient (Wildman–Crippen LogP) is 4.02. The lowest BCUT2D eigenvalue weighted by Gasteiger charge is -2.20. The maximum absolute atomic E-state index is 12.4. The number of furan rings is 1. The Hall–Kier alpha value is -3.30. The normalized spacial score (nSPS) is 18.1. The van der Waals surface area contributed by atoms with Gasteiger partial charge in [0.05, 0.1) is 35.1 Å². The fourth-order valence-corrected chi connectivity index (χ4v) is 4.66. The van der Waals surface area contributed by atoms with Gasteiger partial charge in [0.25, 0.3) is 5.91 Å². The average Bonchev–Trinajstić information content (AvgIpc) is 3.58. The summed E-state index contributed by atoms with van der Waals surface area (Å²) in [4.78, 5) is 33.3. The predicted molar refractivity (Wildman–Crippen MR) is 123 cm³/mol. The molecular formula is C22H19ClN4O4S. The second-order valence-electron chi connectivity index (χ2n) is 7.28. The Balaban J connectivity index is 1.21. The van der Waals surface area contributed by atoms with Crippen LogP contribution in [0.5, 0.6) is 0 Å². The molecule has 1 fully saturated rings. The first-order valence-corrected chi connectivity index (χ1v) is 11.3. The molecule has 0 bridgehead atoms. The minimum absolute atomic E-state index is 0.228. The number of thiophene rings is 1. The number of ether oxygens (including phenoxy) is 1. The molecule has 0 radical (unpaired) electrons. The first-order valence-electron chi connectivity index (χ1n) is 10.1. The van der Waals surface area contributed by atoms with Crippen LogP contribution in [0.15, 0.2) is 64.2 Å². The van der Waals surface area contributed by atoms with E-state index in [9.17, 15) is 9.59 Å². The maximum Gasteiger partial charge on any atom is 0.414 e. The molecule has 10 heteroatoms. The molecule has 164 valence electrons. The number of anilines is 2. The van der Waals surface area contributed by atoms with Crippen LogP contribution in [0.3, 0.4) is 0 Å². The molecule has 1 aromatic carbocycles. The van der Waals surface area contributed by atoms with E-state index in [1.807, 2.05) is 36.4 Å². The van der Waals surface area contributed by atoms with E-state index in [4.69, 9.17) is 20.8 Å². The lowest BCUT2D eigenvalue weighted by Crippen LogP contribution is -2.34. The molecule has 5 rings (SSSR count). The van der Waals surface area contributed by atoms with Crippen LogP contribution in [0, 0.1) is 0 Å². The second kappa shape index (κ2) is 8.68. The van der Waals surface area contributed by atoms with Crippen LogP contribution in [0.1, 0.15) is 15.4 Å². The fourth-order valence-electron chi connectivity index (χ4n) is 3.70. The minimum atomic E-state index is -0.435. The van der Waals surface area contributed by atoms with Gasteiger partial charge < -0.3 is 19.4 Å². The van der Waals surface area contributed by atoms with Gasteiger partial charge in [0.15, 0.2) is 11.6 Å². The molecule has 0 unspecified atom stereocenters. The van der Waals surface area contributed by atoms with E-state index in [-0.39, 0.29) is 12.5 Å². The zero-order valence-corrected chi connectivity index (χ0v) is 18.4. The smallest absolute Gasteiger partial charge is 0.414 e. The topological polar surface area (TPSA) is 87.4 Å². The standard InChI is InChI=1S/C22H19ClN4O4S/c23-19-8-7-18(32-19)21(28)25-12-16-13-27(22(29)31-16)15-5-3-14(4-6-15)26-10-9-24-20(26)17-2-1-11-30-17/h1-8,11,16H,9-10,12-13H2,(H,25,28)/t16-/m0/s1. The van der Waals surface area contributed by atoms with Crippen molar-refractivity contribution in [3.05, 3.63) is 69.8 Å². The molecule has 2 aliphatic heterocycles. The summed E-state index contributed by atoms with van der Waals surface area (Å²) in [6.45, 7) is 2.04. The van der Waals surface area contributed by atoms with Crippen LogP contribution < -0.4 is 15.1 Å². The van der Waals surface area contributed by atoms with Crippen LogP contribution in [-0.2, 0) is 4.74 Å². The lowest BCUT2D eigenvalue weighted by atomic mass is 10.2. The Morgan fingerprint density at radius 1 is 1.16 bits per heavy atom. The number of nitrogens with zero attached hydrogens (tertiary/aromatic N) is 3. The Morgan fingerprint density at radius 2 is 1.94 bits per heavy atom. The summed E-state index contributed by atoms with van der Waals surface area (Å²) < 4.78 is 11.5. The summed E-state index contributed by atoms with van der Waals surface area (Å²) in [5, 5.41) is 2.79. The largest absolute Gasteiger partial charge is 0.461 e. The number of nitrogens with one attached hydrogen (secondary N) is 1. The van der Waals surface area contributed by atoms with Crippen molar-refractivity contribution >= 4 is 52.1 Å². The molecule has 32 heavy (non-hydrogen) atoms. The quantitative estimate of drug-likeness (QED) is 0.588. The van der Waals surface area contributed by atoms with Gasteiger partial charge >= 0.3 is 6.09 Å². The van der Waals surface area contributed by atoms with Crippen LogP contribution in [0.2, 0.25) is 4.34 Å². The highest BCUT2D eigenvalue weighted by Crippen LogP contribution is 2.27. The summed E-state index contributed by atoms with van der Waals surface area (Å²) in [5.74, 6) is 1.29. The third-order valence-electron chi connectivity index (χ3n) is 5.22. The van der Waals surface area contributed by atoms with Crippen molar-refractivity contribution in [1.29, 1.82) is 0 Å². The molecule has 2 aliphatic rings. The van der Waals surface area contributed by atoms with Gasteiger partial charge in [-0.2, -0.15) is 0 Å². The number of carbonyl (C=O) groups is 2. The van der Waals surface area contributed by atoms with Gasteiger partial charge in [-0.05, 0) is 48.5 Å². The molecule has 2 aromatic heterocycles. The second-order valence-corrected chi connectivity index (χ2v) is 9.00. The number of amidine groups is 1. The molecule has 8 nitrogen and oxygen atoms in total. The van der Waals surface area contributed by atoms with E-state index in [2.05, 4.69) is 15.2 Å². The van der Waals surface area contributed by atoms with Crippen molar-refractivity contribution in [2.75, 3.05) is 36.0 Å². The number of benzene rings is 1. The highest BCUT2D eigenvalue weighted by Gasteiger charge is 2.33. The van der Waals surface area contributed by atoms with E-state index in [0.717, 1.165) is 29.5 Å². The Bertz CT molecular complexity index is 1160. The van der Waals surface area contributed by atoms with Crippen molar-refractivity contribution in [3.8, 4) is 0 Å². The van der Waals surface area contributed by atoms with Crippen molar-refractivity contribution in [3.63, 3.8) is 0 Å². The molecular weight excluding hydrogens is 452 g/mol. The SMILES string of the molecule is O=C(NC[C@H]1CN(c2ccc(N3CCN=C3c3ccco3)cc2)C(=O)O1)c1ccc(Cl)s1.